The van der Waals surface area contributed by atoms with E-state index in [2.05, 4.69) is 4.98 Å². The van der Waals surface area contributed by atoms with Gasteiger partial charge in [0.1, 0.15) is 11.9 Å². The minimum absolute atomic E-state index is 0.242. The monoisotopic (exact) mass is 286 g/mol. The Kier molecular flexibility index (Phi) is 6.92. The van der Waals surface area contributed by atoms with Gasteiger partial charge in [0.25, 0.3) is 0 Å². The lowest BCUT2D eigenvalue weighted by molar-refractivity contribution is -0.713. The summed E-state index contributed by atoms with van der Waals surface area (Å²) in [5.74, 6) is 0.0157. The molecule has 0 aliphatic rings. The molecule has 1 radical (unpaired) electrons. The van der Waals surface area contributed by atoms with Gasteiger partial charge in [0.15, 0.2) is 0 Å². The number of aromatic nitrogens is 2. The summed E-state index contributed by atoms with van der Waals surface area (Å²) in [6, 6.07) is 2.58. The van der Waals surface area contributed by atoms with Crippen molar-refractivity contribution in [2.75, 3.05) is 12.4 Å². The smallest absolute Gasteiger partial charge is 0.359 e. The normalized spacial score (nSPS) is 10.7. The molecule has 0 saturated carbocycles. The molecular formula is C11H18N2O3SSi+. The summed E-state index contributed by atoms with van der Waals surface area (Å²) in [6.45, 7) is 2.21. The summed E-state index contributed by atoms with van der Waals surface area (Å²) in [5.41, 5.74) is 0. The van der Waals surface area contributed by atoms with E-state index in [1.165, 1.54) is 11.8 Å². The van der Waals surface area contributed by atoms with Crippen LogP contribution >= 0.6 is 11.8 Å². The van der Waals surface area contributed by atoms with Crippen molar-refractivity contribution in [2.45, 2.75) is 24.2 Å². The van der Waals surface area contributed by atoms with Gasteiger partial charge in [-0.25, -0.2) is 4.57 Å². The number of nitrogens with zero attached hydrogens (tertiary/aromatic N) is 2. The molecule has 0 aromatic carbocycles. The zero-order valence-electron chi connectivity index (χ0n) is 10.6. The van der Waals surface area contributed by atoms with Gasteiger partial charge in [-0.15, -0.1) is 0 Å². The molecular weight excluding hydrogens is 268 g/mol. The number of carbonyl (C=O) groups excluding carboxylic acids is 1. The third-order valence-electron chi connectivity index (χ3n) is 2.15. The van der Waals surface area contributed by atoms with Crippen molar-refractivity contribution in [2.24, 2.45) is 7.05 Å². The van der Waals surface area contributed by atoms with Crippen molar-refractivity contribution in [3.05, 3.63) is 18.5 Å². The number of esters is 1. The van der Waals surface area contributed by atoms with E-state index in [-0.39, 0.29) is 11.7 Å². The topological polar surface area (TPSA) is 63.3 Å². The molecule has 0 unspecified atom stereocenters. The molecule has 18 heavy (non-hydrogen) atoms. The largest absolute Gasteiger partial charge is 0.465 e. The first-order chi connectivity index (χ1) is 8.59. The van der Waals surface area contributed by atoms with Gasteiger partial charge >= 0.3 is 11.1 Å². The summed E-state index contributed by atoms with van der Waals surface area (Å²) >= 11 is 1.35. The Labute approximate surface area is 113 Å². The summed E-state index contributed by atoms with van der Waals surface area (Å²) in [7, 11) is 0.679. The molecule has 0 bridgehead atoms. The predicted octanol–water partition coefficient (Wildman–Crippen LogP) is 0.545. The SMILES string of the molecule is C[n+]1cccnc1SCC(=O)OCCC[Si](C)O. The fourth-order valence-electron chi connectivity index (χ4n) is 1.25. The summed E-state index contributed by atoms with van der Waals surface area (Å²) in [6.07, 6.45) is 4.31. The number of hydrogen-bond acceptors (Lipinski definition) is 5. The Morgan fingerprint density at radius 3 is 3.11 bits per heavy atom. The van der Waals surface area contributed by atoms with Crippen molar-refractivity contribution < 1.29 is 18.9 Å². The first-order valence-electron chi connectivity index (χ1n) is 5.70. The van der Waals surface area contributed by atoms with Crippen molar-refractivity contribution in [3.8, 4) is 0 Å². The van der Waals surface area contributed by atoms with Gasteiger partial charge in [-0.2, -0.15) is 0 Å². The van der Waals surface area contributed by atoms with Crippen LogP contribution in [-0.4, -0.2) is 37.1 Å². The van der Waals surface area contributed by atoms with Crippen molar-refractivity contribution >= 4 is 26.8 Å². The number of rotatable bonds is 7. The minimum atomic E-state index is -1.20. The Morgan fingerprint density at radius 2 is 2.44 bits per heavy atom. The number of thioether (sulfide) groups is 1. The van der Waals surface area contributed by atoms with Gasteiger partial charge in [-0.05, 0) is 35.8 Å². The average Bonchev–Trinajstić information content (AvgIpc) is 2.33. The molecule has 1 heterocycles. The van der Waals surface area contributed by atoms with Crippen LogP contribution in [0.2, 0.25) is 12.6 Å². The van der Waals surface area contributed by atoms with Crippen LogP contribution in [0.15, 0.2) is 23.6 Å². The number of carbonyl (C=O) groups is 1. The molecule has 7 heteroatoms. The maximum atomic E-state index is 11.4. The molecule has 1 rings (SSSR count). The highest BCUT2D eigenvalue weighted by atomic mass is 32.2. The first kappa shape index (κ1) is 15.1. The van der Waals surface area contributed by atoms with Crippen molar-refractivity contribution in [1.82, 2.24) is 4.98 Å². The van der Waals surface area contributed by atoms with Crippen LogP contribution in [0.1, 0.15) is 6.42 Å². The third kappa shape index (κ3) is 6.13. The van der Waals surface area contributed by atoms with Crippen molar-refractivity contribution in [3.63, 3.8) is 0 Å². The van der Waals surface area contributed by atoms with E-state index in [0.717, 1.165) is 17.6 Å². The van der Waals surface area contributed by atoms with Crippen LogP contribution in [0.5, 0.6) is 0 Å². The molecule has 1 aromatic rings. The zero-order valence-corrected chi connectivity index (χ0v) is 12.4. The quantitative estimate of drug-likeness (QED) is 0.198. The molecule has 0 saturated heterocycles. The Bertz CT molecular complexity index is 390. The standard InChI is InChI=1S/C11H18N2O3SSi/c1-13-6-3-5-12-11(13)17-9-10(14)16-7-4-8-18(2)15/h3,5-6,15H,4,7-9H2,1-2H3/q+1. The second-order valence-electron chi connectivity index (χ2n) is 3.86. The van der Waals surface area contributed by atoms with Crippen LogP contribution < -0.4 is 4.57 Å². The van der Waals surface area contributed by atoms with E-state index in [1.54, 1.807) is 6.20 Å². The van der Waals surface area contributed by atoms with Crippen LogP contribution in [0.4, 0.5) is 0 Å². The molecule has 0 fully saturated rings. The third-order valence-corrected chi connectivity index (χ3v) is 4.26. The van der Waals surface area contributed by atoms with Crippen LogP contribution in [0.3, 0.4) is 0 Å². The van der Waals surface area contributed by atoms with E-state index < -0.39 is 9.04 Å². The van der Waals surface area contributed by atoms with Gasteiger partial charge in [-0.3, -0.25) is 4.79 Å². The molecule has 0 aliphatic heterocycles. The maximum absolute atomic E-state index is 11.4. The van der Waals surface area contributed by atoms with Gasteiger partial charge < -0.3 is 9.53 Å². The van der Waals surface area contributed by atoms with E-state index in [0.29, 0.717) is 6.61 Å². The number of ether oxygens (including phenoxy) is 1. The fraction of sp³-hybridized carbons (Fsp3) is 0.545. The van der Waals surface area contributed by atoms with Gasteiger partial charge in [0.05, 0.1) is 19.9 Å². The summed E-state index contributed by atoms with van der Waals surface area (Å²) < 4.78 is 6.92. The van der Waals surface area contributed by atoms with E-state index in [1.807, 2.05) is 30.4 Å². The van der Waals surface area contributed by atoms with Gasteiger partial charge in [0.2, 0.25) is 9.04 Å². The molecule has 0 aliphatic carbocycles. The van der Waals surface area contributed by atoms with Crippen LogP contribution in [-0.2, 0) is 16.6 Å². The second-order valence-corrected chi connectivity index (χ2v) is 6.77. The fourth-order valence-corrected chi connectivity index (χ4v) is 2.63. The highest BCUT2D eigenvalue weighted by Gasteiger charge is 2.12. The lowest BCUT2D eigenvalue weighted by Gasteiger charge is -2.04. The van der Waals surface area contributed by atoms with Crippen molar-refractivity contribution in [1.29, 1.82) is 0 Å². The van der Waals surface area contributed by atoms with Crippen LogP contribution in [0.25, 0.3) is 0 Å². The number of hydrogen-bond donors (Lipinski definition) is 1. The highest BCUT2D eigenvalue weighted by Crippen LogP contribution is 2.09. The zero-order chi connectivity index (χ0) is 13.4. The van der Waals surface area contributed by atoms with E-state index >= 15 is 0 Å². The van der Waals surface area contributed by atoms with Crippen LogP contribution in [0, 0.1) is 0 Å². The maximum Gasteiger partial charge on any atom is 0.359 e. The summed E-state index contributed by atoms with van der Waals surface area (Å²) in [4.78, 5) is 24.7. The molecule has 1 N–H and O–H groups in total. The van der Waals surface area contributed by atoms with Gasteiger partial charge in [0, 0.05) is 6.07 Å². The second kappa shape index (κ2) is 8.23. The molecule has 99 valence electrons. The van der Waals surface area contributed by atoms with E-state index in [4.69, 9.17) is 9.53 Å². The predicted molar refractivity (Wildman–Crippen MR) is 70.4 cm³/mol. The lowest BCUT2D eigenvalue weighted by Crippen LogP contribution is -2.31. The Morgan fingerprint density at radius 1 is 1.67 bits per heavy atom. The molecule has 0 amide bonds. The van der Waals surface area contributed by atoms with Gasteiger partial charge in [-0.1, -0.05) is 0 Å². The lowest BCUT2D eigenvalue weighted by atomic mass is 10.5. The number of aryl methyl sites for hydroxylation is 1. The minimum Gasteiger partial charge on any atom is -0.465 e. The molecule has 5 nitrogen and oxygen atoms in total. The summed E-state index contributed by atoms with van der Waals surface area (Å²) in [5, 5.41) is 0.781. The molecule has 0 atom stereocenters. The Hall–Kier alpha value is -0.923. The molecule has 0 spiro atoms. The molecule has 1 aromatic heterocycles. The average molecular weight is 286 g/mol. The van der Waals surface area contributed by atoms with E-state index in [9.17, 15) is 4.79 Å². The highest BCUT2D eigenvalue weighted by molar-refractivity contribution is 7.99. The first-order valence-corrected chi connectivity index (χ1v) is 8.84. The Balaban J connectivity index is 2.19.